The highest BCUT2D eigenvalue weighted by atomic mass is 32.2. The summed E-state index contributed by atoms with van der Waals surface area (Å²) in [5.74, 6) is 0.440. The molecule has 0 spiro atoms. The molecule has 2 N–H and O–H groups in total. The van der Waals surface area contributed by atoms with Crippen LogP contribution in [-0.2, 0) is 14.4 Å². The van der Waals surface area contributed by atoms with Crippen molar-refractivity contribution in [2.24, 2.45) is 0 Å². The summed E-state index contributed by atoms with van der Waals surface area (Å²) in [5, 5.41) is 2.69. The van der Waals surface area contributed by atoms with E-state index in [0.29, 0.717) is 43.5 Å². The second-order valence-corrected chi connectivity index (χ2v) is 7.39. The molecule has 9 heteroatoms. The molecule has 3 amide bonds. The van der Waals surface area contributed by atoms with E-state index < -0.39 is 5.82 Å². The van der Waals surface area contributed by atoms with Crippen molar-refractivity contribution < 1.29 is 23.7 Å². The van der Waals surface area contributed by atoms with Gasteiger partial charge in [-0.2, -0.15) is 0 Å². The highest BCUT2D eigenvalue weighted by molar-refractivity contribution is 8.00. The highest BCUT2D eigenvalue weighted by Gasteiger charge is 2.29. The van der Waals surface area contributed by atoms with Gasteiger partial charge < -0.3 is 20.0 Å². The van der Waals surface area contributed by atoms with E-state index in [-0.39, 0.29) is 30.8 Å². The van der Waals surface area contributed by atoms with Crippen molar-refractivity contribution in [3.05, 3.63) is 30.1 Å². The molecule has 0 aromatic heterocycles. The number of benzene rings is 1. The summed E-state index contributed by atoms with van der Waals surface area (Å²) in [6.07, 6.45) is 0. The molecule has 0 unspecified atom stereocenters. The number of rotatable bonds is 5. The Labute approximate surface area is 155 Å². The quantitative estimate of drug-likeness (QED) is 0.688. The van der Waals surface area contributed by atoms with E-state index in [1.54, 1.807) is 21.9 Å². The summed E-state index contributed by atoms with van der Waals surface area (Å²) >= 11 is 1.52. The first-order chi connectivity index (χ1) is 12.5. The minimum absolute atomic E-state index is 0.0154. The molecule has 2 aliphatic heterocycles. The van der Waals surface area contributed by atoms with Gasteiger partial charge in [0.15, 0.2) is 6.54 Å². The Morgan fingerprint density at radius 1 is 1.27 bits per heavy atom. The number of nitrogens with one attached hydrogen (secondary N) is 2. The van der Waals surface area contributed by atoms with Crippen LogP contribution in [0, 0.1) is 5.82 Å². The Kier molecular flexibility index (Phi) is 6.10. The van der Waals surface area contributed by atoms with Crippen molar-refractivity contribution in [1.29, 1.82) is 0 Å². The topological polar surface area (TPSA) is 74.2 Å². The molecule has 7 nitrogen and oxygen atoms in total. The molecule has 3 rings (SSSR count). The lowest BCUT2D eigenvalue weighted by Crippen LogP contribution is -3.15. The molecular weight excluding hydrogens is 359 g/mol. The Bertz CT molecular complexity index is 694. The van der Waals surface area contributed by atoms with Crippen molar-refractivity contribution in [3.8, 4) is 0 Å². The lowest BCUT2D eigenvalue weighted by Gasteiger charge is -2.32. The van der Waals surface area contributed by atoms with E-state index in [4.69, 9.17) is 0 Å². The van der Waals surface area contributed by atoms with Crippen LogP contribution in [0.3, 0.4) is 0 Å². The zero-order valence-corrected chi connectivity index (χ0v) is 15.2. The van der Waals surface area contributed by atoms with Crippen LogP contribution in [0.5, 0.6) is 0 Å². The second-order valence-electron chi connectivity index (χ2n) is 6.44. The third-order valence-electron chi connectivity index (χ3n) is 4.49. The lowest BCUT2D eigenvalue weighted by atomic mass is 10.3. The number of hydrogen-bond donors (Lipinski definition) is 2. The summed E-state index contributed by atoms with van der Waals surface area (Å²) in [6.45, 7) is 2.89. The largest absolute Gasteiger partial charge is 0.330 e. The first-order valence-corrected chi connectivity index (χ1v) is 9.69. The van der Waals surface area contributed by atoms with Gasteiger partial charge in [0.05, 0.1) is 37.8 Å². The predicted molar refractivity (Wildman–Crippen MR) is 96.2 cm³/mol. The number of piperazine rings is 1. The maximum Gasteiger partial charge on any atom is 0.279 e. The predicted octanol–water partition coefficient (Wildman–Crippen LogP) is -0.976. The number of quaternary nitrogens is 1. The number of amides is 3. The van der Waals surface area contributed by atoms with Gasteiger partial charge in [0.1, 0.15) is 12.4 Å². The Hall–Kier alpha value is -2.13. The van der Waals surface area contributed by atoms with Gasteiger partial charge in [-0.3, -0.25) is 14.4 Å². The number of nitrogens with zero attached hydrogens (tertiary/aromatic N) is 2. The van der Waals surface area contributed by atoms with E-state index >= 15 is 0 Å². The Morgan fingerprint density at radius 2 is 2.04 bits per heavy atom. The Balaban J connectivity index is 1.41. The number of carbonyl (C=O) groups is 3. The van der Waals surface area contributed by atoms with Crippen LogP contribution in [0.25, 0.3) is 0 Å². The molecule has 0 atom stereocenters. The monoisotopic (exact) mass is 381 g/mol. The third kappa shape index (κ3) is 4.95. The van der Waals surface area contributed by atoms with Crippen LogP contribution in [-0.4, -0.2) is 78.4 Å². The molecule has 0 bridgehead atoms. The molecule has 26 heavy (non-hydrogen) atoms. The number of thioether (sulfide) groups is 1. The van der Waals surface area contributed by atoms with Gasteiger partial charge >= 0.3 is 0 Å². The van der Waals surface area contributed by atoms with Crippen molar-refractivity contribution in [2.75, 3.05) is 56.2 Å². The number of carbonyl (C=O) groups excluding carboxylic acids is 3. The molecule has 1 aromatic rings. The number of anilines is 1. The second kappa shape index (κ2) is 8.50. The number of halogens is 1. The fourth-order valence-electron chi connectivity index (χ4n) is 3.05. The van der Waals surface area contributed by atoms with Crippen LogP contribution < -0.4 is 10.2 Å². The normalized spacial score (nSPS) is 18.3. The van der Waals surface area contributed by atoms with Gasteiger partial charge in [0.25, 0.3) is 5.91 Å². The first kappa shape index (κ1) is 18.7. The minimum Gasteiger partial charge on any atom is -0.330 e. The molecule has 2 heterocycles. The SMILES string of the molecule is O=C(C[NH+]1CCN(C(=O)CN2CSCC2=O)CC1)Nc1cccc(F)c1. The van der Waals surface area contributed by atoms with Crippen molar-refractivity contribution in [3.63, 3.8) is 0 Å². The zero-order chi connectivity index (χ0) is 18.5. The smallest absolute Gasteiger partial charge is 0.279 e. The molecule has 2 saturated heterocycles. The van der Waals surface area contributed by atoms with Gasteiger partial charge in [-0.25, -0.2) is 4.39 Å². The molecule has 2 aliphatic rings. The maximum atomic E-state index is 13.1. The first-order valence-electron chi connectivity index (χ1n) is 8.53. The summed E-state index contributed by atoms with van der Waals surface area (Å²) in [7, 11) is 0. The standard InChI is InChI=1S/C17H21FN4O3S/c18-13-2-1-3-14(8-13)19-15(23)9-20-4-6-21(7-5-20)16(24)10-22-12-26-11-17(22)25/h1-3,8H,4-7,9-12H2,(H,19,23)/p+1. The van der Waals surface area contributed by atoms with Gasteiger partial charge in [-0.15, -0.1) is 11.8 Å². The van der Waals surface area contributed by atoms with Crippen molar-refractivity contribution in [1.82, 2.24) is 9.80 Å². The molecule has 1 aromatic carbocycles. The van der Waals surface area contributed by atoms with Gasteiger partial charge in [-0.1, -0.05) is 6.07 Å². The van der Waals surface area contributed by atoms with Gasteiger partial charge in [0.2, 0.25) is 11.8 Å². The fourth-order valence-corrected chi connectivity index (χ4v) is 3.96. The van der Waals surface area contributed by atoms with Crippen LogP contribution in [0.2, 0.25) is 0 Å². The van der Waals surface area contributed by atoms with E-state index in [1.807, 2.05) is 0 Å². The van der Waals surface area contributed by atoms with Crippen LogP contribution in [0.4, 0.5) is 10.1 Å². The van der Waals surface area contributed by atoms with E-state index in [1.165, 1.54) is 23.9 Å². The summed E-state index contributed by atoms with van der Waals surface area (Å²) in [5.41, 5.74) is 0.441. The van der Waals surface area contributed by atoms with E-state index in [0.717, 1.165) is 4.90 Å². The molecule has 0 saturated carbocycles. The minimum atomic E-state index is -0.392. The van der Waals surface area contributed by atoms with Gasteiger partial charge in [0, 0.05) is 5.69 Å². The molecule has 0 radical (unpaired) electrons. The van der Waals surface area contributed by atoms with Crippen LogP contribution >= 0.6 is 11.8 Å². The average molecular weight is 381 g/mol. The Morgan fingerprint density at radius 3 is 2.69 bits per heavy atom. The summed E-state index contributed by atoms with van der Waals surface area (Å²) < 4.78 is 13.1. The molecular formula is C17H22FN4O3S+. The molecule has 2 fully saturated rings. The molecule has 140 valence electrons. The van der Waals surface area contributed by atoms with Crippen LogP contribution in [0.1, 0.15) is 0 Å². The lowest BCUT2D eigenvalue weighted by molar-refractivity contribution is -0.895. The fraction of sp³-hybridized carbons (Fsp3) is 0.471. The van der Waals surface area contributed by atoms with Crippen LogP contribution in [0.15, 0.2) is 24.3 Å². The maximum absolute atomic E-state index is 13.1. The summed E-state index contributed by atoms with van der Waals surface area (Å²) in [6, 6.07) is 5.80. The summed E-state index contributed by atoms with van der Waals surface area (Å²) in [4.78, 5) is 40.4. The highest BCUT2D eigenvalue weighted by Crippen LogP contribution is 2.14. The van der Waals surface area contributed by atoms with E-state index in [2.05, 4.69) is 5.32 Å². The molecule has 0 aliphatic carbocycles. The average Bonchev–Trinajstić information content (AvgIpc) is 3.00. The number of hydrogen-bond acceptors (Lipinski definition) is 4. The zero-order valence-electron chi connectivity index (χ0n) is 14.4. The van der Waals surface area contributed by atoms with Crippen molar-refractivity contribution in [2.45, 2.75) is 0 Å². The third-order valence-corrected chi connectivity index (χ3v) is 5.44. The van der Waals surface area contributed by atoms with Crippen molar-refractivity contribution >= 4 is 35.2 Å². The van der Waals surface area contributed by atoms with Gasteiger partial charge in [-0.05, 0) is 18.2 Å². The van der Waals surface area contributed by atoms with E-state index in [9.17, 15) is 18.8 Å².